The SMILES string of the molecule is C[C@@H](O)[C@@H](N)c1cc(Cl)ccc1Cl. The van der Waals surface area contributed by atoms with Crippen LogP contribution in [-0.2, 0) is 0 Å². The lowest BCUT2D eigenvalue weighted by atomic mass is 10.0. The highest BCUT2D eigenvalue weighted by molar-refractivity contribution is 6.33. The largest absolute Gasteiger partial charge is 0.391 e. The molecule has 0 aliphatic carbocycles. The molecule has 0 aromatic heterocycles. The summed E-state index contributed by atoms with van der Waals surface area (Å²) >= 11 is 11.7. The summed E-state index contributed by atoms with van der Waals surface area (Å²) in [5.41, 5.74) is 6.38. The van der Waals surface area contributed by atoms with Crippen molar-refractivity contribution in [2.75, 3.05) is 0 Å². The molecule has 3 N–H and O–H groups in total. The minimum absolute atomic E-state index is 0.494. The highest BCUT2D eigenvalue weighted by Gasteiger charge is 2.15. The van der Waals surface area contributed by atoms with Gasteiger partial charge in [0.05, 0.1) is 12.1 Å². The molecule has 1 aromatic carbocycles. The summed E-state index contributed by atoms with van der Waals surface area (Å²) in [5, 5.41) is 10.4. The summed E-state index contributed by atoms with van der Waals surface area (Å²) in [7, 11) is 0. The molecule has 0 bridgehead atoms. The van der Waals surface area contributed by atoms with Gasteiger partial charge in [0.1, 0.15) is 0 Å². The van der Waals surface area contributed by atoms with E-state index in [1.165, 1.54) is 0 Å². The molecule has 2 atom stereocenters. The maximum Gasteiger partial charge on any atom is 0.0705 e. The van der Waals surface area contributed by atoms with Crippen LogP contribution in [0.15, 0.2) is 18.2 Å². The summed E-state index contributed by atoms with van der Waals surface area (Å²) in [6.45, 7) is 1.61. The van der Waals surface area contributed by atoms with Crippen LogP contribution in [-0.4, -0.2) is 11.2 Å². The molecule has 0 saturated carbocycles. The van der Waals surface area contributed by atoms with E-state index in [9.17, 15) is 5.11 Å². The Labute approximate surface area is 87.3 Å². The van der Waals surface area contributed by atoms with E-state index in [1.807, 2.05) is 0 Å². The maximum atomic E-state index is 9.26. The average molecular weight is 220 g/mol. The van der Waals surface area contributed by atoms with Crippen LogP contribution < -0.4 is 5.73 Å². The van der Waals surface area contributed by atoms with Crippen molar-refractivity contribution in [3.63, 3.8) is 0 Å². The van der Waals surface area contributed by atoms with Gasteiger partial charge in [-0.25, -0.2) is 0 Å². The number of hydrogen-bond donors (Lipinski definition) is 2. The summed E-state index contributed by atoms with van der Waals surface area (Å²) < 4.78 is 0. The minimum atomic E-state index is -0.643. The number of aliphatic hydroxyl groups is 1. The number of benzene rings is 1. The van der Waals surface area contributed by atoms with Gasteiger partial charge in [0.25, 0.3) is 0 Å². The second-order valence-corrected chi connectivity index (χ2v) is 3.78. The maximum absolute atomic E-state index is 9.26. The Morgan fingerprint density at radius 2 is 2.00 bits per heavy atom. The molecule has 0 fully saturated rings. The Morgan fingerprint density at radius 3 is 2.54 bits per heavy atom. The fourth-order valence-corrected chi connectivity index (χ4v) is 1.45. The summed E-state index contributed by atoms with van der Waals surface area (Å²) in [6.07, 6.45) is -0.643. The first-order valence-corrected chi connectivity index (χ1v) is 4.66. The molecular formula is C9H11Cl2NO. The van der Waals surface area contributed by atoms with E-state index in [4.69, 9.17) is 28.9 Å². The van der Waals surface area contributed by atoms with Crippen molar-refractivity contribution in [3.8, 4) is 0 Å². The summed E-state index contributed by atoms with van der Waals surface area (Å²) in [6, 6.07) is 4.52. The zero-order valence-electron chi connectivity index (χ0n) is 7.17. The molecule has 0 unspecified atom stereocenters. The van der Waals surface area contributed by atoms with Crippen LogP contribution in [0.3, 0.4) is 0 Å². The fraction of sp³-hybridized carbons (Fsp3) is 0.333. The molecular weight excluding hydrogens is 209 g/mol. The molecule has 13 heavy (non-hydrogen) atoms. The van der Waals surface area contributed by atoms with Gasteiger partial charge in [-0.15, -0.1) is 0 Å². The Morgan fingerprint density at radius 1 is 1.38 bits per heavy atom. The Hall–Kier alpha value is -0.280. The summed E-state index contributed by atoms with van der Waals surface area (Å²) in [5.74, 6) is 0. The van der Waals surface area contributed by atoms with E-state index >= 15 is 0 Å². The zero-order chi connectivity index (χ0) is 10.0. The second-order valence-electron chi connectivity index (χ2n) is 2.93. The molecule has 0 amide bonds. The standard InChI is InChI=1S/C9H11Cl2NO/c1-5(13)9(12)7-4-6(10)2-3-8(7)11/h2-5,9,13H,12H2,1H3/t5-,9-/m1/s1. The van der Waals surface area contributed by atoms with Gasteiger partial charge in [-0.05, 0) is 30.7 Å². The lowest BCUT2D eigenvalue weighted by molar-refractivity contribution is 0.164. The number of halogens is 2. The molecule has 0 radical (unpaired) electrons. The van der Waals surface area contributed by atoms with Crippen LogP contribution in [0.25, 0.3) is 0 Å². The van der Waals surface area contributed by atoms with Gasteiger partial charge < -0.3 is 10.8 Å². The van der Waals surface area contributed by atoms with Crippen molar-refractivity contribution in [2.24, 2.45) is 5.73 Å². The third-order valence-corrected chi connectivity index (χ3v) is 2.42. The molecule has 0 aliphatic rings. The normalized spacial score (nSPS) is 15.5. The third-order valence-electron chi connectivity index (χ3n) is 1.84. The highest BCUT2D eigenvalue weighted by atomic mass is 35.5. The lowest BCUT2D eigenvalue weighted by Crippen LogP contribution is -2.23. The molecule has 2 nitrogen and oxygen atoms in total. The predicted octanol–water partition coefficient (Wildman–Crippen LogP) is 2.37. The first-order chi connectivity index (χ1) is 6.02. The van der Waals surface area contributed by atoms with E-state index in [2.05, 4.69) is 0 Å². The average Bonchev–Trinajstić information content (AvgIpc) is 2.08. The molecule has 0 spiro atoms. The number of rotatable bonds is 2. The van der Waals surface area contributed by atoms with Crippen LogP contribution in [0.5, 0.6) is 0 Å². The van der Waals surface area contributed by atoms with Gasteiger partial charge >= 0.3 is 0 Å². The van der Waals surface area contributed by atoms with Crippen molar-refractivity contribution in [1.82, 2.24) is 0 Å². The second kappa shape index (κ2) is 4.29. The van der Waals surface area contributed by atoms with Crippen molar-refractivity contribution in [2.45, 2.75) is 19.1 Å². The van der Waals surface area contributed by atoms with Gasteiger partial charge in [0.15, 0.2) is 0 Å². The Bertz CT molecular complexity index is 302. The molecule has 0 aliphatic heterocycles. The molecule has 72 valence electrons. The van der Waals surface area contributed by atoms with E-state index in [1.54, 1.807) is 25.1 Å². The summed E-state index contributed by atoms with van der Waals surface area (Å²) in [4.78, 5) is 0. The molecule has 4 heteroatoms. The first kappa shape index (κ1) is 10.8. The lowest BCUT2D eigenvalue weighted by Gasteiger charge is -2.16. The van der Waals surface area contributed by atoms with Gasteiger partial charge in [-0.3, -0.25) is 0 Å². The van der Waals surface area contributed by atoms with Gasteiger partial charge in [-0.1, -0.05) is 23.2 Å². The van der Waals surface area contributed by atoms with Crippen LogP contribution in [0.2, 0.25) is 10.0 Å². The van der Waals surface area contributed by atoms with E-state index in [0.717, 1.165) is 0 Å². The van der Waals surface area contributed by atoms with E-state index in [0.29, 0.717) is 15.6 Å². The minimum Gasteiger partial charge on any atom is -0.391 e. The Balaban J connectivity index is 3.05. The van der Waals surface area contributed by atoms with Crippen molar-refractivity contribution in [3.05, 3.63) is 33.8 Å². The number of nitrogens with two attached hydrogens (primary N) is 1. The topological polar surface area (TPSA) is 46.2 Å². The molecule has 1 rings (SSSR count). The van der Waals surface area contributed by atoms with Crippen molar-refractivity contribution < 1.29 is 5.11 Å². The van der Waals surface area contributed by atoms with Crippen molar-refractivity contribution in [1.29, 1.82) is 0 Å². The third kappa shape index (κ3) is 2.58. The smallest absolute Gasteiger partial charge is 0.0705 e. The quantitative estimate of drug-likeness (QED) is 0.803. The number of aliphatic hydroxyl groups excluding tert-OH is 1. The van der Waals surface area contributed by atoms with Crippen LogP contribution in [0, 0.1) is 0 Å². The van der Waals surface area contributed by atoms with Gasteiger partial charge in [0.2, 0.25) is 0 Å². The van der Waals surface area contributed by atoms with Crippen molar-refractivity contribution >= 4 is 23.2 Å². The fourth-order valence-electron chi connectivity index (χ4n) is 1.03. The molecule has 0 heterocycles. The highest BCUT2D eigenvalue weighted by Crippen LogP contribution is 2.26. The van der Waals surface area contributed by atoms with Gasteiger partial charge in [0, 0.05) is 10.0 Å². The molecule has 1 aromatic rings. The monoisotopic (exact) mass is 219 g/mol. The predicted molar refractivity (Wildman–Crippen MR) is 55.1 cm³/mol. The Kier molecular flexibility index (Phi) is 3.56. The van der Waals surface area contributed by atoms with Crippen LogP contribution in [0.4, 0.5) is 0 Å². The van der Waals surface area contributed by atoms with Crippen LogP contribution >= 0.6 is 23.2 Å². The first-order valence-electron chi connectivity index (χ1n) is 3.91. The van der Waals surface area contributed by atoms with Crippen LogP contribution in [0.1, 0.15) is 18.5 Å². The van der Waals surface area contributed by atoms with Gasteiger partial charge in [-0.2, -0.15) is 0 Å². The zero-order valence-corrected chi connectivity index (χ0v) is 8.68. The van der Waals surface area contributed by atoms with E-state index in [-0.39, 0.29) is 0 Å². The molecule has 0 saturated heterocycles. The van der Waals surface area contributed by atoms with E-state index < -0.39 is 12.1 Å². The number of hydrogen-bond acceptors (Lipinski definition) is 2.